The Balaban J connectivity index is 3.12. The van der Waals surface area contributed by atoms with Gasteiger partial charge in [-0.2, -0.15) is 0 Å². The van der Waals surface area contributed by atoms with E-state index in [1.165, 1.54) is 6.92 Å². The first kappa shape index (κ1) is 18.3. The second-order valence-electron chi connectivity index (χ2n) is 5.64. The molecule has 0 aliphatic heterocycles. The third kappa shape index (κ3) is 4.15. The zero-order valence-electron chi connectivity index (χ0n) is 12.4. The quantitative estimate of drug-likeness (QED) is 0.635. The molecule has 2 N–H and O–H groups in total. The summed E-state index contributed by atoms with van der Waals surface area (Å²) in [5.41, 5.74) is 1.05. The Morgan fingerprint density at radius 3 is 2.32 bits per heavy atom. The summed E-state index contributed by atoms with van der Waals surface area (Å²) in [5.74, 6) is -0.526. The highest BCUT2D eigenvalue weighted by atomic mass is 35.5. The molecule has 1 rings (SSSR count). The lowest BCUT2D eigenvalue weighted by Crippen LogP contribution is -2.46. The summed E-state index contributed by atoms with van der Waals surface area (Å²) in [5, 5.41) is 10.5. The van der Waals surface area contributed by atoms with Crippen LogP contribution in [-0.2, 0) is 14.8 Å². The zero-order valence-corrected chi connectivity index (χ0v) is 14.0. The highest BCUT2D eigenvalue weighted by Crippen LogP contribution is 2.29. The number of amides is 1. The number of rotatable bonds is 4. The van der Waals surface area contributed by atoms with Gasteiger partial charge in [0.1, 0.15) is 5.02 Å². The molecular weight excluding hydrogens is 334 g/mol. The van der Waals surface area contributed by atoms with Crippen molar-refractivity contribution in [2.24, 2.45) is 5.41 Å². The first-order valence-electron chi connectivity index (χ1n) is 6.13. The summed E-state index contributed by atoms with van der Waals surface area (Å²) in [7, 11) is -4.10. The van der Waals surface area contributed by atoms with Crippen molar-refractivity contribution >= 4 is 33.2 Å². The molecule has 0 spiro atoms. The van der Waals surface area contributed by atoms with Crippen LogP contribution in [0.5, 0.6) is 0 Å². The number of hydrogen-bond donors (Lipinski definition) is 2. The Kier molecular flexibility index (Phi) is 5.16. The van der Waals surface area contributed by atoms with Gasteiger partial charge in [0.15, 0.2) is 0 Å². The molecule has 0 unspecified atom stereocenters. The van der Waals surface area contributed by atoms with Crippen molar-refractivity contribution in [3.63, 3.8) is 0 Å². The van der Waals surface area contributed by atoms with Crippen LogP contribution in [0.15, 0.2) is 17.0 Å². The molecule has 22 heavy (non-hydrogen) atoms. The lowest BCUT2D eigenvalue weighted by molar-refractivity contribution is -0.384. The molecular formula is C12H16ClN3O5S. The van der Waals surface area contributed by atoms with Gasteiger partial charge in [-0.3, -0.25) is 20.3 Å². The molecule has 1 amide bonds. The van der Waals surface area contributed by atoms with Gasteiger partial charge in [0.25, 0.3) is 15.7 Å². The Morgan fingerprint density at radius 2 is 1.86 bits per heavy atom. The fourth-order valence-corrected chi connectivity index (χ4v) is 2.82. The van der Waals surface area contributed by atoms with E-state index in [-0.39, 0.29) is 15.5 Å². The minimum atomic E-state index is -4.10. The van der Waals surface area contributed by atoms with Crippen molar-refractivity contribution in [3.05, 3.63) is 32.8 Å². The molecule has 8 nitrogen and oxygen atoms in total. The average Bonchev–Trinajstić information content (AvgIpc) is 2.36. The largest absolute Gasteiger partial charge is 0.288 e. The fourth-order valence-electron chi connectivity index (χ4n) is 1.43. The van der Waals surface area contributed by atoms with Crippen molar-refractivity contribution in [1.29, 1.82) is 0 Å². The van der Waals surface area contributed by atoms with Crippen molar-refractivity contribution in [2.75, 3.05) is 0 Å². The number of sulfonamides is 1. The number of aryl methyl sites for hydroxylation is 1. The van der Waals surface area contributed by atoms with E-state index in [1.54, 1.807) is 20.8 Å². The van der Waals surface area contributed by atoms with Crippen LogP contribution < -0.4 is 10.3 Å². The monoisotopic (exact) mass is 349 g/mol. The molecule has 1 aromatic rings. The number of nitro groups is 1. The second kappa shape index (κ2) is 6.19. The van der Waals surface area contributed by atoms with E-state index in [9.17, 15) is 23.3 Å². The van der Waals surface area contributed by atoms with E-state index >= 15 is 0 Å². The number of benzene rings is 1. The number of hydrogen-bond acceptors (Lipinski definition) is 5. The van der Waals surface area contributed by atoms with Gasteiger partial charge in [-0.15, -0.1) is 4.83 Å². The van der Waals surface area contributed by atoms with Crippen LogP contribution >= 0.6 is 11.6 Å². The summed E-state index contributed by atoms with van der Waals surface area (Å²) < 4.78 is 24.3. The molecule has 10 heteroatoms. The molecule has 0 bridgehead atoms. The van der Waals surface area contributed by atoms with Crippen LogP contribution in [0.25, 0.3) is 0 Å². The zero-order chi connectivity index (χ0) is 17.3. The van der Waals surface area contributed by atoms with Gasteiger partial charge in [0, 0.05) is 11.5 Å². The van der Waals surface area contributed by atoms with Crippen LogP contribution in [0.3, 0.4) is 0 Å². The van der Waals surface area contributed by atoms with Crippen molar-refractivity contribution in [1.82, 2.24) is 10.3 Å². The number of hydrazine groups is 1. The van der Waals surface area contributed by atoms with Crippen LogP contribution in [0.1, 0.15) is 26.3 Å². The molecule has 1 aromatic carbocycles. The SMILES string of the molecule is Cc1cc([N+](=O)[O-])c(Cl)cc1S(=O)(=O)NNC(=O)C(C)(C)C. The minimum absolute atomic E-state index is 0.133. The van der Waals surface area contributed by atoms with Crippen molar-refractivity contribution in [2.45, 2.75) is 32.6 Å². The summed E-state index contributed by atoms with van der Waals surface area (Å²) in [6.45, 7) is 6.24. The van der Waals surface area contributed by atoms with Crippen LogP contribution in [0.2, 0.25) is 5.02 Å². The first-order chi connectivity index (χ1) is 9.86. The maximum Gasteiger partial charge on any atom is 0.288 e. The number of halogens is 1. The molecule has 0 atom stereocenters. The van der Waals surface area contributed by atoms with Crippen molar-refractivity contribution < 1.29 is 18.1 Å². The minimum Gasteiger partial charge on any atom is -0.277 e. The lowest BCUT2D eigenvalue weighted by atomic mass is 9.96. The average molecular weight is 350 g/mol. The second-order valence-corrected chi connectivity index (χ2v) is 7.69. The van der Waals surface area contributed by atoms with E-state index in [0.717, 1.165) is 12.1 Å². The van der Waals surface area contributed by atoms with E-state index in [0.29, 0.717) is 0 Å². The van der Waals surface area contributed by atoms with E-state index < -0.39 is 32.0 Å². The van der Waals surface area contributed by atoms with Crippen LogP contribution in [0.4, 0.5) is 5.69 Å². The van der Waals surface area contributed by atoms with E-state index in [2.05, 4.69) is 5.43 Å². The number of nitrogens with one attached hydrogen (secondary N) is 2. The molecule has 0 radical (unpaired) electrons. The fraction of sp³-hybridized carbons (Fsp3) is 0.417. The predicted octanol–water partition coefficient (Wildman–Crippen LogP) is 1.91. The van der Waals surface area contributed by atoms with E-state index in [1.807, 2.05) is 4.83 Å². The highest BCUT2D eigenvalue weighted by Gasteiger charge is 2.26. The number of carbonyl (C=O) groups is 1. The Labute approximate surface area is 133 Å². The van der Waals surface area contributed by atoms with Gasteiger partial charge in [-0.1, -0.05) is 32.4 Å². The summed E-state index contributed by atoms with van der Waals surface area (Å²) in [4.78, 5) is 23.4. The first-order valence-corrected chi connectivity index (χ1v) is 7.99. The predicted molar refractivity (Wildman–Crippen MR) is 80.8 cm³/mol. The van der Waals surface area contributed by atoms with Gasteiger partial charge in [0.2, 0.25) is 5.91 Å². The van der Waals surface area contributed by atoms with Crippen LogP contribution in [0, 0.1) is 22.5 Å². The molecule has 122 valence electrons. The summed E-state index contributed by atoms with van der Waals surface area (Å²) in [6.07, 6.45) is 0. The standard InChI is InChI=1S/C12H16ClN3O5S/c1-7-5-9(16(18)19)8(13)6-10(7)22(20,21)15-14-11(17)12(2,3)4/h5-6,15H,1-4H3,(H,14,17). The number of nitrogens with zero attached hydrogens (tertiary/aromatic N) is 1. The highest BCUT2D eigenvalue weighted by molar-refractivity contribution is 7.89. The third-order valence-electron chi connectivity index (χ3n) is 2.71. The normalized spacial score (nSPS) is 12.0. The summed E-state index contributed by atoms with van der Waals surface area (Å²) >= 11 is 5.72. The molecule has 0 fully saturated rings. The number of carbonyl (C=O) groups excluding carboxylic acids is 1. The van der Waals surface area contributed by atoms with Gasteiger partial charge in [-0.25, -0.2) is 8.42 Å². The van der Waals surface area contributed by atoms with E-state index in [4.69, 9.17) is 11.6 Å². The molecule has 0 aliphatic carbocycles. The smallest absolute Gasteiger partial charge is 0.277 e. The Bertz CT molecular complexity index is 725. The van der Waals surface area contributed by atoms with Gasteiger partial charge < -0.3 is 0 Å². The maximum absolute atomic E-state index is 12.2. The van der Waals surface area contributed by atoms with Crippen molar-refractivity contribution in [3.8, 4) is 0 Å². The van der Waals surface area contributed by atoms with Gasteiger partial charge in [-0.05, 0) is 18.6 Å². The Morgan fingerprint density at radius 1 is 1.32 bits per heavy atom. The third-order valence-corrected chi connectivity index (χ3v) is 4.40. The molecule has 0 aliphatic rings. The maximum atomic E-state index is 12.2. The summed E-state index contributed by atoms with van der Waals surface area (Å²) in [6, 6.07) is 2.03. The molecule has 0 saturated carbocycles. The topological polar surface area (TPSA) is 118 Å². The lowest BCUT2D eigenvalue weighted by Gasteiger charge is -2.18. The molecule has 0 heterocycles. The van der Waals surface area contributed by atoms with Crippen LogP contribution in [-0.4, -0.2) is 19.2 Å². The molecule has 0 saturated heterocycles. The number of nitro benzene ring substituents is 1. The molecule has 0 aromatic heterocycles. The Hall–Kier alpha value is -1.71. The van der Waals surface area contributed by atoms with Gasteiger partial charge >= 0.3 is 0 Å². The van der Waals surface area contributed by atoms with Gasteiger partial charge in [0.05, 0.1) is 9.82 Å².